The summed E-state index contributed by atoms with van der Waals surface area (Å²) in [5, 5.41) is 0. The molecular weight excluding hydrogens is 707 g/mol. The molecule has 0 saturated carbocycles. The molecule has 0 amide bonds. The lowest BCUT2D eigenvalue weighted by molar-refractivity contribution is -0.236. The summed E-state index contributed by atoms with van der Waals surface area (Å²) in [5.74, 6) is -0.286. The van der Waals surface area contributed by atoms with Crippen molar-refractivity contribution in [2.24, 2.45) is 5.92 Å². The Balaban J connectivity index is 1.65. The van der Waals surface area contributed by atoms with E-state index in [4.69, 9.17) is 32.7 Å². The van der Waals surface area contributed by atoms with Crippen molar-refractivity contribution in [2.75, 3.05) is 61.1 Å². The van der Waals surface area contributed by atoms with E-state index in [0.29, 0.717) is 26.1 Å². The fourth-order valence-corrected chi connectivity index (χ4v) is 7.58. The third-order valence-corrected chi connectivity index (χ3v) is 10.0. The van der Waals surface area contributed by atoms with Crippen molar-refractivity contribution in [2.45, 2.75) is 89.3 Å². The van der Waals surface area contributed by atoms with E-state index in [9.17, 15) is 28.6 Å². The number of likely N-dealkylation sites (N-methyl/N-ethyl adjacent to an activating group) is 1. The number of aromatic nitrogens is 4. The van der Waals surface area contributed by atoms with Gasteiger partial charge in [-0.2, -0.15) is 0 Å². The maximum absolute atomic E-state index is 13.0. The molecule has 9 atom stereocenters. The van der Waals surface area contributed by atoms with Crippen LogP contribution >= 0.6 is 7.82 Å². The van der Waals surface area contributed by atoms with Gasteiger partial charge in [-0.3, -0.25) is 38.2 Å². The number of phosphoric acid groups is 1. The second-order valence-electron chi connectivity index (χ2n) is 13.7. The van der Waals surface area contributed by atoms with Crippen molar-refractivity contribution < 1.29 is 42.2 Å². The van der Waals surface area contributed by atoms with Crippen LogP contribution in [0.5, 0.6) is 0 Å². The maximum atomic E-state index is 13.0. The summed E-state index contributed by atoms with van der Waals surface area (Å²) in [6, 6.07) is 2.39. The highest BCUT2D eigenvalue weighted by Crippen LogP contribution is 2.46. The largest absolute Gasteiger partial charge is 0.756 e. The number of aromatic amines is 2. The first kappa shape index (κ1) is 41.9. The molecule has 4 heterocycles. The molecule has 20 heteroatoms. The lowest BCUT2D eigenvalue weighted by Crippen LogP contribution is -2.45. The van der Waals surface area contributed by atoms with Gasteiger partial charge in [0.1, 0.15) is 24.4 Å². The normalized spacial score (nSPS) is 27.7. The van der Waals surface area contributed by atoms with Crippen LogP contribution in [0, 0.1) is 5.92 Å². The number of nitrogens with one attached hydrogen (secondary N) is 2. The summed E-state index contributed by atoms with van der Waals surface area (Å²) in [5.41, 5.74) is -2.56. The molecular formula is C32H52N6O13P-. The molecule has 294 valence electrons. The summed E-state index contributed by atoms with van der Waals surface area (Å²) in [6.07, 6.45) is -4.10. The van der Waals surface area contributed by atoms with Crippen LogP contribution in [0.15, 0.2) is 43.7 Å². The van der Waals surface area contributed by atoms with Crippen LogP contribution in [0.2, 0.25) is 0 Å². The molecule has 2 aliphatic rings. The highest BCUT2D eigenvalue weighted by molar-refractivity contribution is 7.45. The first-order valence-corrected chi connectivity index (χ1v) is 18.7. The van der Waals surface area contributed by atoms with Crippen molar-refractivity contribution >= 4 is 7.82 Å². The Kier molecular flexibility index (Phi) is 14.9. The quantitative estimate of drug-likeness (QED) is 0.172. The zero-order chi connectivity index (χ0) is 38.3. The van der Waals surface area contributed by atoms with Gasteiger partial charge in [-0.15, -0.1) is 0 Å². The summed E-state index contributed by atoms with van der Waals surface area (Å²) < 4.78 is 56.5. The van der Waals surface area contributed by atoms with Crippen molar-refractivity contribution in [3.8, 4) is 0 Å². The Labute approximate surface area is 301 Å². The summed E-state index contributed by atoms with van der Waals surface area (Å²) in [7, 11) is 1.82. The number of H-pyrrole nitrogens is 2. The van der Waals surface area contributed by atoms with Gasteiger partial charge in [-0.05, 0) is 54.8 Å². The van der Waals surface area contributed by atoms with Gasteiger partial charge in [0, 0.05) is 64.3 Å². The zero-order valence-corrected chi connectivity index (χ0v) is 31.8. The third-order valence-electron chi connectivity index (χ3n) is 8.84. The van der Waals surface area contributed by atoms with Gasteiger partial charge >= 0.3 is 11.4 Å². The van der Waals surface area contributed by atoms with Crippen molar-refractivity contribution in [3.05, 3.63) is 66.2 Å². The van der Waals surface area contributed by atoms with Crippen LogP contribution < -0.4 is 27.4 Å². The van der Waals surface area contributed by atoms with Gasteiger partial charge in [-0.1, -0.05) is 0 Å². The molecule has 4 rings (SSSR count). The minimum absolute atomic E-state index is 0.0959. The average molecular weight is 760 g/mol. The lowest BCUT2D eigenvalue weighted by atomic mass is 9.93. The summed E-state index contributed by atoms with van der Waals surface area (Å²) in [6.45, 7) is 8.82. The molecule has 2 N–H and O–H groups in total. The maximum Gasteiger partial charge on any atom is 0.330 e. The lowest BCUT2D eigenvalue weighted by Gasteiger charge is -2.34. The fourth-order valence-electron chi connectivity index (χ4n) is 6.46. The first-order chi connectivity index (χ1) is 24.5. The van der Waals surface area contributed by atoms with E-state index < -0.39 is 79.4 Å². The summed E-state index contributed by atoms with van der Waals surface area (Å²) in [4.78, 5) is 70.8. The van der Waals surface area contributed by atoms with Crippen LogP contribution in [0.25, 0.3) is 0 Å². The predicted octanol–water partition coefficient (Wildman–Crippen LogP) is -0.515. The highest BCUT2D eigenvalue weighted by Gasteiger charge is 2.50. The zero-order valence-electron chi connectivity index (χ0n) is 30.9. The minimum atomic E-state index is -4.89. The van der Waals surface area contributed by atoms with Crippen LogP contribution in [0.4, 0.5) is 0 Å². The molecule has 2 aromatic rings. The van der Waals surface area contributed by atoms with Crippen molar-refractivity contribution in [3.63, 3.8) is 0 Å². The van der Waals surface area contributed by atoms with Gasteiger partial charge in [0.25, 0.3) is 18.9 Å². The Morgan fingerprint density at radius 3 is 1.88 bits per heavy atom. The summed E-state index contributed by atoms with van der Waals surface area (Å²) >= 11 is 0. The molecule has 0 bridgehead atoms. The Morgan fingerprint density at radius 1 is 0.827 bits per heavy atom. The number of hydrogen-bond donors (Lipinski definition) is 2. The van der Waals surface area contributed by atoms with Gasteiger partial charge in [0.15, 0.2) is 12.5 Å². The average Bonchev–Trinajstić information content (AvgIpc) is 3.56. The Hall–Kier alpha value is -2.81. The molecule has 2 saturated heterocycles. The molecule has 0 spiro atoms. The second-order valence-corrected chi connectivity index (χ2v) is 15.0. The topological polar surface area (TPSA) is 221 Å². The van der Waals surface area contributed by atoms with Gasteiger partial charge < -0.3 is 42.5 Å². The number of phosphoric ester groups is 1. The molecule has 1 unspecified atom stereocenters. The van der Waals surface area contributed by atoms with E-state index >= 15 is 0 Å². The van der Waals surface area contributed by atoms with Gasteiger partial charge in [0.05, 0.1) is 24.9 Å². The number of nitrogens with zero attached hydrogens (tertiary/aromatic N) is 4. The Bertz CT molecular complexity index is 1730. The van der Waals surface area contributed by atoms with E-state index in [0.717, 1.165) is 10.6 Å². The minimum Gasteiger partial charge on any atom is -0.756 e. The number of ether oxygens (including phenoxy) is 5. The molecule has 52 heavy (non-hydrogen) atoms. The van der Waals surface area contributed by atoms with Crippen molar-refractivity contribution in [1.29, 1.82) is 0 Å². The van der Waals surface area contributed by atoms with Gasteiger partial charge in [-0.25, -0.2) is 9.59 Å². The van der Waals surface area contributed by atoms with E-state index in [2.05, 4.69) is 14.9 Å². The highest BCUT2D eigenvalue weighted by atomic mass is 31.2. The molecule has 19 nitrogen and oxygen atoms in total. The Morgan fingerprint density at radius 2 is 1.38 bits per heavy atom. The first-order valence-electron chi connectivity index (χ1n) is 17.2. The van der Waals surface area contributed by atoms with E-state index in [1.54, 1.807) is 13.8 Å². The third kappa shape index (κ3) is 10.9. The molecule has 2 aliphatic heterocycles. The van der Waals surface area contributed by atoms with E-state index in [-0.39, 0.29) is 25.2 Å². The van der Waals surface area contributed by atoms with E-state index in [1.807, 2.05) is 32.8 Å². The second kappa shape index (κ2) is 18.5. The fraction of sp³-hybridized carbons (Fsp3) is 0.750. The molecule has 2 aromatic heterocycles. The van der Waals surface area contributed by atoms with E-state index in [1.165, 1.54) is 37.2 Å². The number of methoxy groups -OCH3 is 2. The molecule has 2 fully saturated rings. The van der Waals surface area contributed by atoms with Crippen molar-refractivity contribution in [1.82, 2.24) is 28.9 Å². The van der Waals surface area contributed by atoms with Crippen LogP contribution in [0.1, 0.15) is 46.6 Å². The monoisotopic (exact) mass is 759 g/mol. The SMILES string of the molecule is CO[C@@H]1[C@H](CCN(CCN(C)C)C[C@H]2O[C@@H](n3ccc(=O)[nH]c3=O)[C@H](OC)[C@@H]2OP(=O)([O-])OC(C)C)[C@@H](COC(C)C)O[C@H]1n1ccc(=O)[nH]c1=O. The number of rotatable bonds is 19. The van der Waals surface area contributed by atoms with Crippen LogP contribution in [-0.4, -0.2) is 133 Å². The standard InChI is InChI=1S/C32H53N6O13P/c1-19(2)47-18-23-21(26(45-7)29(49-23)37-13-10-24(39)33-31(37)41)9-12-36(16-15-35(5)6)17-22-27(51-52(43,44)50-20(3)4)28(46-8)30(48-22)38-14-11-25(40)34-32(38)42/h10-11,13-14,19-23,26-30H,9,12,15-18H2,1-8H3,(H,43,44)(H,33,39,41)(H,34,40,42)/p-1/t21-,22-,23-,26-,27-,28-,29-,30-/m1/s1. The smallest absolute Gasteiger partial charge is 0.330 e. The molecule has 0 radical (unpaired) electrons. The molecule has 0 aliphatic carbocycles. The number of hydrogen-bond acceptors (Lipinski definition) is 15. The van der Waals surface area contributed by atoms with Crippen LogP contribution in [-0.2, 0) is 37.3 Å². The molecule has 0 aromatic carbocycles. The predicted molar refractivity (Wildman–Crippen MR) is 185 cm³/mol. The van der Waals surface area contributed by atoms with Crippen LogP contribution in [0.3, 0.4) is 0 Å². The van der Waals surface area contributed by atoms with Gasteiger partial charge in [0.2, 0.25) is 0 Å².